The van der Waals surface area contributed by atoms with Gasteiger partial charge in [0.2, 0.25) is 0 Å². The van der Waals surface area contributed by atoms with Crippen molar-refractivity contribution in [2.24, 2.45) is 0 Å². The standard InChI is InChI=1S/C19H24N4O/c1-14-11-15(2)21-18(12-14)22-19(24)20-8-10-23-9-7-16-5-3-4-6-17(16)13-23/h3-6,11-12H,7-10,13H2,1-2H3,(H2,20,21,22,24). The Morgan fingerprint density at radius 2 is 2.00 bits per heavy atom. The van der Waals surface area contributed by atoms with Crippen LogP contribution < -0.4 is 10.6 Å². The minimum Gasteiger partial charge on any atom is -0.337 e. The van der Waals surface area contributed by atoms with E-state index in [0.717, 1.165) is 37.3 Å². The van der Waals surface area contributed by atoms with Crippen LogP contribution in [0.1, 0.15) is 22.4 Å². The normalized spacial score (nSPS) is 14.1. The third-order valence-electron chi connectivity index (χ3n) is 4.26. The number of nitrogens with zero attached hydrogens (tertiary/aromatic N) is 2. The number of rotatable bonds is 4. The van der Waals surface area contributed by atoms with Crippen molar-refractivity contribution in [3.05, 3.63) is 58.8 Å². The molecular formula is C19H24N4O. The minimum atomic E-state index is -0.204. The lowest BCUT2D eigenvalue weighted by atomic mass is 10.00. The number of fused-ring (bicyclic) bond motifs is 1. The molecular weight excluding hydrogens is 300 g/mol. The van der Waals surface area contributed by atoms with Crippen LogP contribution in [0.5, 0.6) is 0 Å². The van der Waals surface area contributed by atoms with Gasteiger partial charge in [0, 0.05) is 31.9 Å². The summed E-state index contributed by atoms with van der Waals surface area (Å²) in [5.74, 6) is 0.594. The van der Waals surface area contributed by atoms with Crippen LogP contribution in [0.2, 0.25) is 0 Å². The summed E-state index contributed by atoms with van der Waals surface area (Å²) in [5, 5.41) is 5.71. The summed E-state index contributed by atoms with van der Waals surface area (Å²) in [5.41, 5.74) is 4.83. The van der Waals surface area contributed by atoms with E-state index in [1.165, 1.54) is 11.1 Å². The molecule has 2 N–H and O–H groups in total. The number of nitrogens with one attached hydrogen (secondary N) is 2. The van der Waals surface area contributed by atoms with Crippen molar-refractivity contribution in [2.45, 2.75) is 26.8 Å². The van der Waals surface area contributed by atoms with Gasteiger partial charge in [0.25, 0.3) is 0 Å². The second kappa shape index (κ2) is 7.45. The number of urea groups is 1. The molecule has 1 aromatic carbocycles. The second-order valence-electron chi connectivity index (χ2n) is 6.35. The molecule has 3 rings (SSSR count). The average Bonchev–Trinajstić information content (AvgIpc) is 2.53. The van der Waals surface area contributed by atoms with Crippen LogP contribution in [0.15, 0.2) is 36.4 Å². The summed E-state index contributed by atoms with van der Waals surface area (Å²) in [6.07, 6.45) is 1.08. The highest BCUT2D eigenvalue weighted by atomic mass is 16.2. The number of aromatic nitrogens is 1. The number of amides is 2. The summed E-state index contributed by atoms with van der Waals surface area (Å²) in [6, 6.07) is 12.2. The van der Waals surface area contributed by atoms with Gasteiger partial charge in [-0.05, 0) is 49.1 Å². The summed E-state index contributed by atoms with van der Waals surface area (Å²) >= 11 is 0. The number of aryl methyl sites for hydroxylation is 2. The molecule has 0 saturated heterocycles. The average molecular weight is 324 g/mol. The lowest BCUT2D eigenvalue weighted by molar-refractivity contribution is 0.239. The van der Waals surface area contributed by atoms with Crippen molar-refractivity contribution >= 4 is 11.8 Å². The van der Waals surface area contributed by atoms with Crippen molar-refractivity contribution < 1.29 is 4.79 Å². The first kappa shape index (κ1) is 16.5. The number of pyridine rings is 1. The lowest BCUT2D eigenvalue weighted by Crippen LogP contribution is -2.39. The molecule has 0 saturated carbocycles. The fourth-order valence-electron chi connectivity index (χ4n) is 3.14. The monoisotopic (exact) mass is 324 g/mol. The SMILES string of the molecule is Cc1cc(C)nc(NC(=O)NCCN2CCc3ccccc3C2)c1. The second-order valence-corrected chi connectivity index (χ2v) is 6.35. The first-order chi connectivity index (χ1) is 11.6. The van der Waals surface area contributed by atoms with Gasteiger partial charge >= 0.3 is 6.03 Å². The van der Waals surface area contributed by atoms with E-state index in [1.54, 1.807) is 0 Å². The Bertz CT molecular complexity index is 709. The lowest BCUT2D eigenvalue weighted by Gasteiger charge is -2.28. The van der Waals surface area contributed by atoms with Gasteiger partial charge in [-0.3, -0.25) is 10.2 Å². The molecule has 0 radical (unpaired) electrons. The Hall–Kier alpha value is -2.40. The summed E-state index contributed by atoms with van der Waals surface area (Å²) in [4.78, 5) is 18.7. The molecule has 2 heterocycles. The van der Waals surface area contributed by atoms with E-state index >= 15 is 0 Å². The Kier molecular flexibility index (Phi) is 5.11. The Labute approximate surface area is 143 Å². The minimum absolute atomic E-state index is 0.204. The number of carbonyl (C=O) groups excluding carboxylic acids is 1. The van der Waals surface area contributed by atoms with E-state index in [4.69, 9.17) is 0 Å². The molecule has 0 spiro atoms. The molecule has 126 valence electrons. The topological polar surface area (TPSA) is 57.3 Å². The smallest absolute Gasteiger partial charge is 0.320 e. The van der Waals surface area contributed by atoms with Crippen LogP contribution in [0.3, 0.4) is 0 Å². The van der Waals surface area contributed by atoms with Crippen molar-refractivity contribution in [1.29, 1.82) is 0 Å². The quantitative estimate of drug-likeness (QED) is 0.909. The fourth-order valence-corrected chi connectivity index (χ4v) is 3.14. The van der Waals surface area contributed by atoms with Gasteiger partial charge in [0.05, 0.1) is 0 Å². The molecule has 0 fully saturated rings. The largest absolute Gasteiger partial charge is 0.337 e. The number of benzene rings is 1. The van der Waals surface area contributed by atoms with E-state index in [-0.39, 0.29) is 6.03 Å². The Morgan fingerprint density at radius 3 is 2.79 bits per heavy atom. The van der Waals surface area contributed by atoms with Crippen LogP contribution in [-0.2, 0) is 13.0 Å². The van der Waals surface area contributed by atoms with E-state index < -0.39 is 0 Å². The third kappa shape index (κ3) is 4.32. The van der Waals surface area contributed by atoms with E-state index in [9.17, 15) is 4.79 Å². The Morgan fingerprint density at radius 1 is 1.21 bits per heavy atom. The highest BCUT2D eigenvalue weighted by Crippen LogP contribution is 2.17. The zero-order valence-corrected chi connectivity index (χ0v) is 14.3. The molecule has 5 heteroatoms. The van der Waals surface area contributed by atoms with Gasteiger partial charge in [0.15, 0.2) is 0 Å². The maximum absolute atomic E-state index is 12.0. The number of hydrogen-bond donors (Lipinski definition) is 2. The van der Waals surface area contributed by atoms with Crippen LogP contribution in [0.4, 0.5) is 10.6 Å². The van der Waals surface area contributed by atoms with E-state index in [0.29, 0.717) is 12.4 Å². The van der Waals surface area contributed by atoms with Gasteiger partial charge < -0.3 is 5.32 Å². The summed E-state index contributed by atoms with van der Waals surface area (Å²) < 4.78 is 0. The van der Waals surface area contributed by atoms with Gasteiger partial charge in [-0.25, -0.2) is 9.78 Å². The molecule has 24 heavy (non-hydrogen) atoms. The first-order valence-corrected chi connectivity index (χ1v) is 8.39. The zero-order chi connectivity index (χ0) is 16.9. The summed E-state index contributed by atoms with van der Waals surface area (Å²) in [6.45, 7) is 7.38. The van der Waals surface area contributed by atoms with Crippen LogP contribution in [0.25, 0.3) is 0 Å². The highest BCUT2D eigenvalue weighted by Gasteiger charge is 2.15. The van der Waals surface area contributed by atoms with Crippen molar-refractivity contribution in [3.8, 4) is 0 Å². The van der Waals surface area contributed by atoms with Crippen LogP contribution in [-0.4, -0.2) is 35.5 Å². The predicted octanol–water partition coefficient (Wildman–Crippen LogP) is 2.88. The van der Waals surface area contributed by atoms with Gasteiger partial charge in [-0.2, -0.15) is 0 Å². The first-order valence-electron chi connectivity index (χ1n) is 8.39. The molecule has 0 bridgehead atoms. The van der Waals surface area contributed by atoms with Crippen LogP contribution >= 0.6 is 0 Å². The zero-order valence-electron chi connectivity index (χ0n) is 14.3. The number of carbonyl (C=O) groups is 1. The predicted molar refractivity (Wildman–Crippen MR) is 96.2 cm³/mol. The molecule has 2 amide bonds. The molecule has 1 aliphatic heterocycles. The third-order valence-corrected chi connectivity index (χ3v) is 4.26. The number of anilines is 1. The highest BCUT2D eigenvalue weighted by molar-refractivity contribution is 5.88. The molecule has 2 aromatic rings. The van der Waals surface area contributed by atoms with Gasteiger partial charge in [-0.15, -0.1) is 0 Å². The summed E-state index contributed by atoms with van der Waals surface area (Å²) in [7, 11) is 0. The molecule has 0 unspecified atom stereocenters. The fraction of sp³-hybridized carbons (Fsp3) is 0.368. The van der Waals surface area contributed by atoms with Crippen molar-refractivity contribution in [2.75, 3.05) is 25.0 Å². The Balaban J connectivity index is 1.44. The van der Waals surface area contributed by atoms with E-state index in [2.05, 4.69) is 44.8 Å². The molecule has 5 nitrogen and oxygen atoms in total. The number of hydrogen-bond acceptors (Lipinski definition) is 3. The maximum atomic E-state index is 12.0. The van der Waals surface area contributed by atoms with E-state index in [1.807, 2.05) is 26.0 Å². The van der Waals surface area contributed by atoms with Gasteiger partial charge in [-0.1, -0.05) is 24.3 Å². The molecule has 0 atom stereocenters. The molecule has 1 aliphatic rings. The maximum Gasteiger partial charge on any atom is 0.320 e. The van der Waals surface area contributed by atoms with Crippen LogP contribution in [0, 0.1) is 13.8 Å². The van der Waals surface area contributed by atoms with Crippen molar-refractivity contribution in [3.63, 3.8) is 0 Å². The van der Waals surface area contributed by atoms with Gasteiger partial charge in [0.1, 0.15) is 5.82 Å². The molecule has 1 aromatic heterocycles. The van der Waals surface area contributed by atoms with Crippen molar-refractivity contribution in [1.82, 2.24) is 15.2 Å². The molecule has 0 aliphatic carbocycles.